The van der Waals surface area contributed by atoms with Crippen LogP contribution in [0.15, 0.2) is 48.5 Å². The average Bonchev–Trinajstić information content (AvgIpc) is 3.22. The second-order valence-electron chi connectivity index (χ2n) is 9.70. The molecule has 0 spiro atoms. The van der Waals surface area contributed by atoms with Crippen LogP contribution >= 0.6 is 0 Å². The second kappa shape index (κ2) is 8.22. The summed E-state index contributed by atoms with van der Waals surface area (Å²) < 4.78 is 2.04. The number of nitrogens with one attached hydrogen (secondary N) is 1. The number of hydrogen-bond donors (Lipinski definition) is 1. The summed E-state index contributed by atoms with van der Waals surface area (Å²) in [7, 11) is 0. The molecule has 0 radical (unpaired) electrons. The lowest BCUT2D eigenvalue weighted by Gasteiger charge is -2.20. The number of carbonyl (C=O) groups is 1. The summed E-state index contributed by atoms with van der Waals surface area (Å²) in [6, 6.07) is 16.6. The first kappa shape index (κ1) is 21.2. The van der Waals surface area contributed by atoms with Crippen LogP contribution in [-0.2, 0) is 17.8 Å². The molecule has 2 heterocycles. The fraction of sp³-hybridized carbons (Fsp3) is 0.385. The van der Waals surface area contributed by atoms with Gasteiger partial charge in [0.15, 0.2) is 0 Å². The monoisotopic (exact) mass is 416 g/mol. The van der Waals surface area contributed by atoms with Gasteiger partial charge in [-0.25, -0.2) is 4.68 Å². The predicted octanol–water partition coefficient (Wildman–Crippen LogP) is 5.43. The summed E-state index contributed by atoms with van der Waals surface area (Å²) in [5.74, 6) is 0.0712. The number of aromatic nitrogens is 2. The van der Waals surface area contributed by atoms with Crippen LogP contribution in [0.5, 0.6) is 0 Å². The van der Waals surface area contributed by atoms with Crippen LogP contribution in [0.1, 0.15) is 49.7 Å². The van der Waals surface area contributed by atoms with Gasteiger partial charge >= 0.3 is 0 Å². The van der Waals surface area contributed by atoms with Crippen LogP contribution < -0.4 is 10.2 Å². The van der Waals surface area contributed by atoms with Crippen LogP contribution in [0.4, 0.5) is 11.4 Å². The molecule has 31 heavy (non-hydrogen) atoms. The van der Waals surface area contributed by atoms with Gasteiger partial charge in [0.1, 0.15) is 0 Å². The molecule has 1 amide bonds. The van der Waals surface area contributed by atoms with Gasteiger partial charge in [-0.15, -0.1) is 0 Å². The normalized spacial score (nSPS) is 13.4. The first-order valence-electron chi connectivity index (χ1n) is 11.0. The smallest absolute Gasteiger partial charge is 0.224 e. The Labute approximate surface area is 185 Å². The van der Waals surface area contributed by atoms with Gasteiger partial charge in [0.05, 0.1) is 11.4 Å². The third-order valence-corrected chi connectivity index (χ3v) is 5.84. The lowest BCUT2D eigenvalue weighted by Crippen LogP contribution is -2.21. The van der Waals surface area contributed by atoms with E-state index in [4.69, 9.17) is 5.10 Å². The van der Waals surface area contributed by atoms with E-state index in [1.807, 2.05) is 28.9 Å². The molecule has 5 nitrogen and oxygen atoms in total. The van der Waals surface area contributed by atoms with Crippen LogP contribution in [0.25, 0.3) is 5.69 Å². The predicted molar refractivity (Wildman–Crippen MR) is 127 cm³/mol. The number of amides is 1. The number of aryl methyl sites for hydroxylation is 1. The lowest BCUT2D eigenvalue weighted by atomic mass is 9.92. The molecule has 5 heteroatoms. The van der Waals surface area contributed by atoms with Crippen LogP contribution in [0.3, 0.4) is 0 Å². The molecule has 0 bridgehead atoms. The third kappa shape index (κ3) is 4.66. The minimum atomic E-state index is -0.0163. The van der Waals surface area contributed by atoms with E-state index < -0.39 is 0 Å². The van der Waals surface area contributed by atoms with Crippen molar-refractivity contribution in [2.24, 2.45) is 5.41 Å². The highest BCUT2D eigenvalue weighted by Crippen LogP contribution is 2.33. The maximum absolute atomic E-state index is 12.3. The summed E-state index contributed by atoms with van der Waals surface area (Å²) in [6.45, 7) is 12.3. The number of anilines is 2. The van der Waals surface area contributed by atoms with Crippen molar-refractivity contribution in [2.75, 3.05) is 16.8 Å². The fourth-order valence-corrected chi connectivity index (χ4v) is 4.31. The highest BCUT2D eigenvalue weighted by atomic mass is 16.1. The number of hydrogen-bond acceptors (Lipinski definition) is 3. The first-order chi connectivity index (χ1) is 14.7. The molecule has 0 saturated carbocycles. The van der Waals surface area contributed by atoms with E-state index in [2.05, 4.69) is 69.1 Å². The summed E-state index contributed by atoms with van der Waals surface area (Å²) >= 11 is 0. The van der Waals surface area contributed by atoms with Crippen molar-refractivity contribution in [2.45, 2.75) is 54.0 Å². The summed E-state index contributed by atoms with van der Waals surface area (Å²) in [6.07, 6.45) is 1.50. The molecular weight excluding hydrogens is 384 g/mol. The van der Waals surface area contributed by atoms with E-state index in [1.165, 1.54) is 22.5 Å². The fourth-order valence-electron chi connectivity index (χ4n) is 4.31. The van der Waals surface area contributed by atoms with Crippen molar-refractivity contribution in [3.05, 3.63) is 71.0 Å². The number of rotatable bonds is 5. The van der Waals surface area contributed by atoms with Crippen molar-refractivity contribution in [3.63, 3.8) is 0 Å². The molecule has 2 aromatic carbocycles. The molecular formula is C26H32N4O. The average molecular weight is 417 g/mol. The van der Waals surface area contributed by atoms with Crippen molar-refractivity contribution in [3.8, 4) is 5.69 Å². The molecule has 1 aliphatic rings. The van der Waals surface area contributed by atoms with Gasteiger partial charge in [0, 0.05) is 42.1 Å². The maximum atomic E-state index is 12.3. The zero-order valence-electron chi connectivity index (χ0n) is 19.2. The Morgan fingerprint density at radius 3 is 2.55 bits per heavy atom. The van der Waals surface area contributed by atoms with Crippen molar-refractivity contribution in [1.82, 2.24) is 9.78 Å². The van der Waals surface area contributed by atoms with Crippen molar-refractivity contribution >= 4 is 17.3 Å². The molecule has 0 atom stereocenters. The van der Waals surface area contributed by atoms with Gasteiger partial charge in [0.25, 0.3) is 0 Å². The van der Waals surface area contributed by atoms with E-state index in [1.54, 1.807) is 0 Å². The lowest BCUT2D eigenvalue weighted by molar-refractivity contribution is -0.117. The Bertz CT molecular complexity index is 1090. The zero-order valence-corrected chi connectivity index (χ0v) is 19.2. The summed E-state index contributed by atoms with van der Waals surface area (Å²) in [5.41, 5.74) is 8.03. The summed E-state index contributed by atoms with van der Waals surface area (Å²) in [5, 5.41) is 7.86. The standard InChI is InChI=1S/C26H32N4O/c1-18-23(19(2)30(28-18)22-9-7-6-8-10-22)17-29-14-13-20-15-21(11-12-24(20)29)27-25(31)16-26(3,4)5/h6-12,15H,13-14,16-17H2,1-5H3,(H,27,31). The molecule has 1 aliphatic heterocycles. The quantitative estimate of drug-likeness (QED) is 0.604. The van der Waals surface area contributed by atoms with Crippen LogP contribution in [0, 0.1) is 19.3 Å². The van der Waals surface area contributed by atoms with Crippen LogP contribution in [0.2, 0.25) is 0 Å². The molecule has 0 aliphatic carbocycles. The number of benzene rings is 2. The number of carbonyl (C=O) groups excluding carboxylic acids is 1. The van der Waals surface area contributed by atoms with Crippen LogP contribution in [-0.4, -0.2) is 22.2 Å². The third-order valence-electron chi connectivity index (χ3n) is 5.84. The largest absolute Gasteiger partial charge is 0.367 e. The Morgan fingerprint density at radius 1 is 1.10 bits per heavy atom. The van der Waals surface area contributed by atoms with E-state index in [0.29, 0.717) is 6.42 Å². The minimum absolute atomic E-state index is 0.0163. The molecule has 4 rings (SSSR count). The Balaban J connectivity index is 1.51. The molecule has 0 saturated heterocycles. The highest BCUT2D eigenvalue weighted by molar-refractivity contribution is 5.91. The van der Waals surface area contributed by atoms with E-state index in [0.717, 1.165) is 36.6 Å². The first-order valence-corrected chi connectivity index (χ1v) is 11.0. The van der Waals surface area contributed by atoms with E-state index in [9.17, 15) is 4.79 Å². The zero-order chi connectivity index (χ0) is 22.2. The second-order valence-corrected chi connectivity index (χ2v) is 9.70. The molecule has 0 unspecified atom stereocenters. The number of fused-ring (bicyclic) bond motifs is 1. The Hall–Kier alpha value is -3.08. The SMILES string of the molecule is Cc1nn(-c2ccccc2)c(C)c1CN1CCc2cc(NC(=O)CC(C)(C)C)ccc21. The summed E-state index contributed by atoms with van der Waals surface area (Å²) in [4.78, 5) is 14.7. The molecule has 162 valence electrons. The van der Waals surface area contributed by atoms with Gasteiger partial charge in [-0.2, -0.15) is 5.10 Å². The van der Waals surface area contributed by atoms with E-state index >= 15 is 0 Å². The minimum Gasteiger partial charge on any atom is -0.367 e. The van der Waals surface area contributed by atoms with Gasteiger partial charge in [-0.3, -0.25) is 4.79 Å². The van der Waals surface area contributed by atoms with Gasteiger partial charge < -0.3 is 10.2 Å². The van der Waals surface area contributed by atoms with Gasteiger partial charge in [-0.1, -0.05) is 39.0 Å². The maximum Gasteiger partial charge on any atom is 0.224 e. The Morgan fingerprint density at radius 2 is 1.84 bits per heavy atom. The highest BCUT2D eigenvalue weighted by Gasteiger charge is 2.23. The topological polar surface area (TPSA) is 50.2 Å². The molecule has 0 fully saturated rings. The molecule has 1 aromatic heterocycles. The molecule has 1 N–H and O–H groups in total. The van der Waals surface area contributed by atoms with Gasteiger partial charge in [-0.05, 0) is 61.6 Å². The van der Waals surface area contributed by atoms with E-state index in [-0.39, 0.29) is 11.3 Å². The number of nitrogens with zero attached hydrogens (tertiary/aromatic N) is 3. The molecule has 3 aromatic rings. The van der Waals surface area contributed by atoms with Gasteiger partial charge in [0.2, 0.25) is 5.91 Å². The van der Waals surface area contributed by atoms with Crippen molar-refractivity contribution < 1.29 is 4.79 Å². The Kier molecular flexibility index (Phi) is 5.61. The number of para-hydroxylation sites is 1. The van der Waals surface area contributed by atoms with Crippen molar-refractivity contribution in [1.29, 1.82) is 0 Å².